The number of thiol groups is 1. The maximum absolute atomic E-state index is 6.42. The lowest BCUT2D eigenvalue weighted by Gasteiger charge is -2.59. The number of ether oxygens (including phenoxy) is 3. The van der Waals surface area contributed by atoms with Crippen LogP contribution < -0.4 is 0 Å². The second-order valence-electron chi connectivity index (χ2n) is 9.47. The summed E-state index contributed by atoms with van der Waals surface area (Å²) in [5.74, 6) is 0.301. The van der Waals surface area contributed by atoms with Gasteiger partial charge in [-0.05, 0) is 69.3 Å². The fourth-order valence-corrected chi connectivity index (χ4v) is 6.33. The Morgan fingerprint density at radius 1 is 1.07 bits per heavy atom. The Morgan fingerprint density at radius 3 is 2.63 bits per heavy atom. The maximum atomic E-state index is 6.42. The molecule has 0 amide bonds. The molecule has 0 N–H and O–H groups in total. The van der Waals surface area contributed by atoms with Crippen LogP contribution in [0.2, 0.25) is 0 Å². The van der Waals surface area contributed by atoms with Crippen molar-refractivity contribution in [1.82, 2.24) is 0 Å². The minimum Gasteiger partial charge on any atom is -0.345 e. The van der Waals surface area contributed by atoms with Crippen molar-refractivity contribution in [2.45, 2.75) is 101 Å². The molecule has 6 aliphatic rings. The minimum atomic E-state index is -0.745. The van der Waals surface area contributed by atoms with Gasteiger partial charge in [-0.1, -0.05) is 13.5 Å². The van der Waals surface area contributed by atoms with E-state index in [0.717, 1.165) is 50.5 Å². The van der Waals surface area contributed by atoms with Crippen LogP contribution in [0.3, 0.4) is 0 Å². The van der Waals surface area contributed by atoms with Crippen LogP contribution in [-0.2, 0) is 24.0 Å². The number of hydrogen-bond acceptors (Lipinski definition) is 6. The van der Waals surface area contributed by atoms with Gasteiger partial charge in [-0.25, -0.2) is 9.78 Å². The highest BCUT2D eigenvalue weighted by atomic mass is 32.1. The van der Waals surface area contributed by atoms with Crippen molar-refractivity contribution in [2.24, 2.45) is 17.8 Å². The zero-order valence-corrected chi connectivity index (χ0v) is 17.3. The van der Waals surface area contributed by atoms with E-state index < -0.39 is 24.0 Å². The molecule has 2 saturated carbocycles. The lowest BCUT2D eigenvalue weighted by molar-refractivity contribution is -0.568. The molecule has 0 aromatic heterocycles. The zero-order valence-electron chi connectivity index (χ0n) is 16.4. The first-order valence-electron chi connectivity index (χ1n) is 10.6. The van der Waals surface area contributed by atoms with E-state index in [1.54, 1.807) is 0 Å². The molecule has 6 rings (SSSR count). The van der Waals surface area contributed by atoms with Crippen LogP contribution in [-0.4, -0.2) is 35.3 Å². The Labute approximate surface area is 167 Å². The van der Waals surface area contributed by atoms with E-state index in [1.165, 1.54) is 6.42 Å². The first-order chi connectivity index (χ1) is 12.9. The fraction of sp³-hybridized carbons (Fsp3) is 0.905. The maximum Gasteiger partial charge on any atom is 0.201 e. The molecular formula is C21H32O5S. The summed E-state index contributed by atoms with van der Waals surface area (Å²) in [6.07, 6.45) is 7.59. The SMILES string of the molecule is C=C1[C@@H](OC2CCC(S)CC2)O[C@@H]2O[C@@]3(C)CC[C@H]4[C@H](C)CC[C@@H]1[C@@]24OO3. The standard InChI is InChI=1S/C21H32O5S/c1-12-4-9-17-13(2)18(22-14-5-7-15(27)8-6-14)23-19-21(17)16(12)10-11-20(3,24-19)25-26-21/h12,14-19,27H,2,4-11H2,1,3H3/t12-,14?,15?,16+,17+,18+,19-,20-,21-/m1/s1. The highest BCUT2D eigenvalue weighted by Gasteiger charge is 2.69. The van der Waals surface area contributed by atoms with E-state index in [9.17, 15) is 0 Å². The van der Waals surface area contributed by atoms with Gasteiger partial charge in [0.2, 0.25) is 5.79 Å². The van der Waals surface area contributed by atoms with Crippen molar-refractivity contribution >= 4 is 12.6 Å². The molecule has 0 aromatic carbocycles. The number of rotatable bonds is 2. The van der Waals surface area contributed by atoms with Gasteiger partial charge in [0.1, 0.15) is 0 Å². The van der Waals surface area contributed by atoms with Crippen LogP contribution in [0, 0.1) is 17.8 Å². The Bertz CT molecular complexity index is 605. The predicted octanol–water partition coefficient (Wildman–Crippen LogP) is 4.37. The van der Waals surface area contributed by atoms with Crippen molar-refractivity contribution < 1.29 is 24.0 Å². The van der Waals surface area contributed by atoms with E-state index in [1.807, 2.05) is 6.92 Å². The Morgan fingerprint density at radius 2 is 1.85 bits per heavy atom. The molecule has 1 spiro atoms. The van der Waals surface area contributed by atoms with Crippen LogP contribution in [0.4, 0.5) is 0 Å². The number of hydrogen-bond donors (Lipinski definition) is 1. The summed E-state index contributed by atoms with van der Waals surface area (Å²) in [5, 5.41) is 0.496. The van der Waals surface area contributed by atoms with E-state index in [-0.39, 0.29) is 12.0 Å². The summed E-state index contributed by atoms with van der Waals surface area (Å²) in [4.78, 5) is 12.0. The van der Waals surface area contributed by atoms with E-state index in [0.29, 0.717) is 17.1 Å². The van der Waals surface area contributed by atoms with Gasteiger partial charge < -0.3 is 14.2 Å². The summed E-state index contributed by atoms with van der Waals surface area (Å²) >= 11 is 4.60. The van der Waals surface area contributed by atoms with Gasteiger partial charge in [-0.2, -0.15) is 12.6 Å². The Balaban J connectivity index is 1.42. The third-order valence-electron chi connectivity index (χ3n) is 7.68. The first kappa shape index (κ1) is 18.9. The van der Waals surface area contributed by atoms with Gasteiger partial charge in [-0.15, -0.1) is 0 Å². The van der Waals surface area contributed by atoms with E-state index in [4.69, 9.17) is 24.0 Å². The van der Waals surface area contributed by atoms with Crippen molar-refractivity contribution in [3.8, 4) is 0 Å². The molecule has 27 heavy (non-hydrogen) atoms. The predicted molar refractivity (Wildman–Crippen MR) is 103 cm³/mol. The lowest BCUT2D eigenvalue weighted by atomic mass is 9.59. The molecule has 0 unspecified atom stereocenters. The molecule has 4 heterocycles. The monoisotopic (exact) mass is 396 g/mol. The topological polar surface area (TPSA) is 46.2 Å². The largest absolute Gasteiger partial charge is 0.345 e. The normalized spacial score (nSPS) is 55.1. The van der Waals surface area contributed by atoms with E-state index >= 15 is 0 Å². The molecule has 4 saturated heterocycles. The number of fused-ring (bicyclic) bond motifs is 2. The Hall–Kier alpha value is -0.110. The molecule has 6 fully saturated rings. The third-order valence-corrected chi connectivity index (χ3v) is 8.19. The van der Waals surface area contributed by atoms with Crippen LogP contribution in [0.5, 0.6) is 0 Å². The highest BCUT2D eigenvalue weighted by molar-refractivity contribution is 7.80. The molecular weight excluding hydrogens is 364 g/mol. The molecule has 0 radical (unpaired) electrons. The fourth-order valence-electron chi connectivity index (χ4n) is 6.03. The van der Waals surface area contributed by atoms with Gasteiger partial charge in [0.05, 0.1) is 6.10 Å². The second kappa shape index (κ2) is 6.71. The van der Waals surface area contributed by atoms with Gasteiger partial charge >= 0.3 is 0 Å². The molecule has 7 atom stereocenters. The molecule has 4 aliphatic heterocycles. The summed E-state index contributed by atoms with van der Waals surface area (Å²) in [7, 11) is 0. The summed E-state index contributed by atoms with van der Waals surface area (Å²) in [5.41, 5.74) is 0.404. The third kappa shape index (κ3) is 2.94. The van der Waals surface area contributed by atoms with Crippen molar-refractivity contribution in [1.29, 1.82) is 0 Å². The van der Waals surface area contributed by atoms with Gasteiger partial charge in [0.25, 0.3) is 0 Å². The van der Waals surface area contributed by atoms with Crippen molar-refractivity contribution in [2.75, 3.05) is 0 Å². The quantitative estimate of drug-likeness (QED) is 0.427. The molecule has 0 aromatic rings. The zero-order chi connectivity index (χ0) is 18.8. The summed E-state index contributed by atoms with van der Waals surface area (Å²) in [6, 6.07) is 0. The molecule has 2 bridgehead atoms. The highest BCUT2D eigenvalue weighted by Crippen LogP contribution is 2.60. The second-order valence-corrected chi connectivity index (χ2v) is 10.2. The van der Waals surface area contributed by atoms with E-state index in [2.05, 4.69) is 26.1 Å². The van der Waals surface area contributed by atoms with Gasteiger partial charge in [0, 0.05) is 17.6 Å². The van der Waals surface area contributed by atoms with Crippen LogP contribution >= 0.6 is 12.6 Å². The summed E-state index contributed by atoms with van der Waals surface area (Å²) < 4.78 is 19.2. The Kier molecular flexibility index (Phi) is 4.69. The molecule has 6 heteroatoms. The summed E-state index contributed by atoms with van der Waals surface area (Å²) in [6.45, 7) is 8.68. The minimum absolute atomic E-state index is 0.145. The van der Waals surface area contributed by atoms with Crippen molar-refractivity contribution in [3.63, 3.8) is 0 Å². The lowest BCUT2D eigenvalue weighted by Crippen LogP contribution is -2.69. The van der Waals surface area contributed by atoms with Gasteiger partial charge in [0.15, 0.2) is 18.2 Å². The average molecular weight is 397 g/mol. The average Bonchev–Trinajstić information content (AvgIpc) is 2.87. The molecule has 5 nitrogen and oxygen atoms in total. The first-order valence-corrected chi connectivity index (χ1v) is 11.2. The van der Waals surface area contributed by atoms with Crippen LogP contribution in [0.15, 0.2) is 12.2 Å². The van der Waals surface area contributed by atoms with Gasteiger partial charge in [-0.3, -0.25) is 0 Å². The van der Waals surface area contributed by atoms with Crippen LogP contribution in [0.1, 0.15) is 65.2 Å². The molecule has 152 valence electrons. The molecule has 2 aliphatic carbocycles. The van der Waals surface area contributed by atoms with Crippen molar-refractivity contribution in [3.05, 3.63) is 12.2 Å². The van der Waals surface area contributed by atoms with Crippen LogP contribution in [0.25, 0.3) is 0 Å². The smallest absolute Gasteiger partial charge is 0.201 e.